The van der Waals surface area contributed by atoms with Gasteiger partial charge in [-0.05, 0) is 70.5 Å². The van der Waals surface area contributed by atoms with Crippen LogP contribution in [0.15, 0.2) is 82.7 Å². The Morgan fingerprint density at radius 2 is 1.66 bits per heavy atom. The number of fused-ring (bicyclic) bond motifs is 2. The van der Waals surface area contributed by atoms with E-state index in [2.05, 4.69) is 46.8 Å². The van der Waals surface area contributed by atoms with Crippen molar-refractivity contribution in [3.63, 3.8) is 0 Å². The number of aryl methyl sites for hydroxylation is 1. The summed E-state index contributed by atoms with van der Waals surface area (Å²) in [5.41, 5.74) is 3.99. The van der Waals surface area contributed by atoms with Crippen molar-refractivity contribution in [3.8, 4) is 22.9 Å². The number of benzene rings is 4. The molecule has 4 aromatic carbocycles. The Morgan fingerprint density at radius 1 is 0.951 bits per heavy atom. The number of methoxy groups -OCH3 is 1. The van der Waals surface area contributed by atoms with Crippen molar-refractivity contribution in [2.45, 2.75) is 47.5 Å². The fraction of sp³-hybridized carbons (Fsp3) is 0.286. The molecule has 0 saturated heterocycles. The van der Waals surface area contributed by atoms with Gasteiger partial charge in [-0.15, -0.1) is 0 Å². The quantitative estimate of drug-likeness (QED) is 0.194. The molecule has 0 N–H and O–H groups in total. The third-order valence-corrected chi connectivity index (χ3v) is 7.09. The second-order valence-corrected chi connectivity index (χ2v) is 11.9. The second kappa shape index (κ2) is 11.2. The number of hydrogen-bond donors (Lipinski definition) is 0. The van der Waals surface area contributed by atoms with Crippen LogP contribution >= 0.6 is 0 Å². The first kappa shape index (κ1) is 28.1. The lowest BCUT2D eigenvalue weighted by Crippen LogP contribution is -2.21. The molecule has 1 aromatic heterocycles. The van der Waals surface area contributed by atoms with E-state index in [4.69, 9.17) is 19.6 Å². The Kier molecular flexibility index (Phi) is 7.68. The molecular formula is C35H37N3O3. The number of hydrogen-bond acceptors (Lipinski definition) is 5. The molecule has 5 rings (SSSR count). The minimum atomic E-state index is -0.236. The topological polar surface area (TPSA) is 65.7 Å². The maximum atomic E-state index is 14.0. The van der Waals surface area contributed by atoms with Gasteiger partial charge in [0, 0.05) is 11.1 Å². The summed E-state index contributed by atoms with van der Waals surface area (Å²) in [5, 5.41) is 7.38. The first-order valence-electron chi connectivity index (χ1n) is 14.0. The van der Waals surface area contributed by atoms with Crippen LogP contribution in [-0.2, 0) is 0 Å². The number of nitrogens with zero attached hydrogens (tertiary/aromatic N) is 3. The fourth-order valence-electron chi connectivity index (χ4n) is 4.92. The van der Waals surface area contributed by atoms with E-state index in [9.17, 15) is 4.79 Å². The van der Waals surface area contributed by atoms with E-state index < -0.39 is 0 Å². The van der Waals surface area contributed by atoms with Crippen LogP contribution in [0.2, 0.25) is 0 Å². The smallest absolute Gasteiger partial charge is 0.282 e. The van der Waals surface area contributed by atoms with Crippen molar-refractivity contribution in [2.24, 2.45) is 10.5 Å². The highest BCUT2D eigenvalue weighted by atomic mass is 16.5. The van der Waals surface area contributed by atoms with Crippen LogP contribution in [0, 0.1) is 12.3 Å². The standard InChI is InChI=1S/C35H37N3O3/c1-22(2)27-19-28(23(3)18-32(27)40-7)33-37-30-15-11-10-14-26(30)34(39)38(33)36-20-29-25-13-9-8-12-24(25)16-17-31(29)41-21-35(4,5)6/h8-20,22H,21H2,1-7H3. The molecule has 0 atom stereocenters. The molecular weight excluding hydrogens is 510 g/mol. The van der Waals surface area contributed by atoms with Crippen LogP contribution in [0.3, 0.4) is 0 Å². The van der Waals surface area contributed by atoms with Crippen molar-refractivity contribution in [1.29, 1.82) is 0 Å². The normalized spacial score (nSPS) is 12.1. The molecule has 41 heavy (non-hydrogen) atoms. The third kappa shape index (κ3) is 5.73. The van der Waals surface area contributed by atoms with E-state index in [-0.39, 0.29) is 16.9 Å². The Morgan fingerprint density at radius 3 is 2.37 bits per heavy atom. The van der Waals surface area contributed by atoms with Gasteiger partial charge in [-0.3, -0.25) is 4.79 Å². The molecule has 0 spiro atoms. The van der Waals surface area contributed by atoms with E-state index in [1.54, 1.807) is 19.4 Å². The lowest BCUT2D eigenvalue weighted by molar-refractivity contribution is 0.198. The van der Waals surface area contributed by atoms with Gasteiger partial charge in [-0.1, -0.05) is 77.1 Å². The zero-order valence-electron chi connectivity index (χ0n) is 24.9. The van der Waals surface area contributed by atoms with E-state index in [0.29, 0.717) is 29.1 Å². The van der Waals surface area contributed by atoms with Gasteiger partial charge in [0.1, 0.15) is 11.5 Å². The lowest BCUT2D eigenvalue weighted by atomic mass is 9.96. The summed E-state index contributed by atoms with van der Waals surface area (Å²) in [6, 6.07) is 23.6. The van der Waals surface area contributed by atoms with Crippen LogP contribution in [-0.4, -0.2) is 29.6 Å². The minimum Gasteiger partial charge on any atom is -0.496 e. The summed E-state index contributed by atoms with van der Waals surface area (Å²) < 4.78 is 13.4. The first-order valence-corrected chi connectivity index (χ1v) is 14.0. The van der Waals surface area contributed by atoms with E-state index in [1.165, 1.54) is 4.68 Å². The molecule has 0 aliphatic heterocycles. The lowest BCUT2D eigenvalue weighted by Gasteiger charge is -2.20. The minimum absolute atomic E-state index is 0.0214. The number of rotatable bonds is 7. The first-order chi connectivity index (χ1) is 19.6. The summed E-state index contributed by atoms with van der Waals surface area (Å²) in [6.45, 7) is 13.2. The van der Waals surface area contributed by atoms with Crippen molar-refractivity contribution >= 4 is 27.9 Å². The summed E-state index contributed by atoms with van der Waals surface area (Å²) in [7, 11) is 1.68. The fourth-order valence-corrected chi connectivity index (χ4v) is 4.92. The van der Waals surface area contributed by atoms with Crippen LogP contribution in [0.4, 0.5) is 0 Å². The van der Waals surface area contributed by atoms with Crippen LogP contribution in [0.1, 0.15) is 57.2 Å². The molecule has 0 amide bonds. The van der Waals surface area contributed by atoms with Gasteiger partial charge in [0.2, 0.25) is 0 Å². The second-order valence-electron chi connectivity index (χ2n) is 11.9. The van der Waals surface area contributed by atoms with Gasteiger partial charge in [0.05, 0.1) is 30.8 Å². The number of ether oxygens (including phenoxy) is 2. The molecule has 0 aliphatic rings. The Bertz CT molecular complexity index is 1830. The van der Waals surface area contributed by atoms with E-state index in [1.807, 2.05) is 61.5 Å². The Balaban J connectivity index is 1.76. The molecule has 0 fully saturated rings. The molecule has 0 radical (unpaired) electrons. The zero-order chi connectivity index (χ0) is 29.3. The average molecular weight is 548 g/mol. The predicted octanol–water partition coefficient (Wildman–Crippen LogP) is 7.96. The maximum Gasteiger partial charge on any atom is 0.282 e. The van der Waals surface area contributed by atoms with Crippen LogP contribution in [0.25, 0.3) is 33.1 Å². The highest BCUT2D eigenvalue weighted by Crippen LogP contribution is 2.34. The maximum absolute atomic E-state index is 14.0. The van der Waals surface area contributed by atoms with Gasteiger partial charge in [-0.2, -0.15) is 9.78 Å². The van der Waals surface area contributed by atoms with Gasteiger partial charge in [0.15, 0.2) is 5.82 Å². The van der Waals surface area contributed by atoms with Gasteiger partial charge in [-0.25, -0.2) is 4.98 Å². The molecule has 210 valence electrons. The number of para-hydroxylation sites is 1. The van der Waals surface area contributed by atoms with Gasteiger partial charge in [0.25, 0.3) is 5.56 Å². The monoisotopic (exact) mass is 547 g/mol. The summed E-state index contributed by atoms with van der Waals surface area (Å²) >= 11 is 0. The van der Waals surface area contributed by atoms with Crippen LogP contribution in [0.5, 0.6) is 11.5 Å². The molecule has 6 nitrogen and oxygen atoms in total. The molecule has 0 aliphatic carbocycles. The van der Waals surface area contributed by atoms with E-state index in [0.717, 1.165) is 38.8 Å². The summed E-state index contributed by atoms with van der Waals surface area (Å²) in [6.07, 6.45) is 1.73. The highest BCUT2D eigenvalue weighted by molar-refractivity contribution is 6.02. The van der Waals surface area contributed by atoms with Crippen LogP contribution < -0.4 is 15.0 Å². The zero-order valence-corrected chi connectivity index (χ0v) is 24.9. The summed E-state index contributed by atoms with van der Waals surface area (Å²) in [4.78, 5) is 18.9. The predicted molar refractivity (Wildman–Crippen MR) is 169 cm³/mol. The SMILES string of the molecule is COc1cc(C)c(-c2nc3ccccc3c(=O)n2N=Cc2c(OCC(C)(C)C)ccc3ccccc23)cc1C(C)C. The largest absolute Gasteiger partial charge is 0.496 e. The van der Waals surface area contributed by atoms with Crippen molar-refractivity contribution in [1.82, 2.24) is 9.66 Å². The van der Waals surface area contributed by atoms with Crippen molar-refractivity contribution in [2.75, 3.05) is 13.7 Å². The Labute approximate surface area is 241 Å². The summed E-state index contributed by atoms with van der Waals surface area (Å²) in [5.74, 6) is 2.22. The van der Waals surface area contributed by atoms with E-state index >= 15 is 0 Å². The molecule has 0 saturated carbocycles. The Hall–Kier alpha value is -4.45. The average Bonchev–Trinajstić information content (AvgIpc) is 2.95. The number of aromatic nitrogens is 2. The van der Waals surface area contributed by atoms with Crippen molar-refractivity contribution < 1.29 is 9.47 Å². The van der Waals surface area contributed by atoms with Gasteiger partial charge < -0.3 is 9.47 Å². The van der Waals surface area contributed by atoms with Crippen molar-refractivity contribution in [3.05, 3.63) is 99.8 Å². The molecule has 0 unspecified atom stereocenters. The molecule has 0 bridgehead atoms. The van der Waals surface area contributed by atoms with Gasteiger partial charge >= 0.3 is 0 Å². The molecule has 1 heterocycles. The highest BCUT2D eigenvalue weighted by Gasteiger charge is 2.19. The molecule has 6 heteroatoms. The third-order valence-electron chi connectivity index (χ3n) is 7.09. The molecule has 5 aromatic rings.